The average Bonchev–Trinajstić information content (AvgIpc) is 2.27. The Morgan fingerprint density at radius 1 is 1.44 bits per heavy atom. The lowest BCUT2D eigenvalue weighted by atomic mass is 10.4. The second-order valence-corrected chi connectivity index (χ2v) is 3.61. The van der Waals surface area contributed by atoms with Gasteiger partial charge in [0, 0.05) is 13.6 Å². The van der Waals surface area contributed by atoms with E-state index >= 15 is 0 Å². The van der Waals surface area contributed by atoms with Crippen LogP contribution in [0.5, 0.6) is 5.88 Å². The van der Waals surface area contributed by atoms with Crippen LogP contribution < -0.4 is 15.4 Å². The van der Waals surface area contributed by atoms with Crippen molar-refractivity contribution < 1.29 is 23.0 Å². The van der Waals surface area contributed by atoms with Gasteiger partial charge in [-0.3, -0.25) is 0 Å². The van der Waals surface area contributed by atoms with Crippen LogP contribution >= 0.6 is 0 Å². The Bertz CT molecular complexity index is 398. The molecule has 1 rings (SSSR count). The lowest BCUT2D eigenvalue weighted by Gasteiger charge is -2.18. The Hall–Kier alpha value is -1.70. The molecule has 102 valence electrons. The van der Waals surface area contributed by atoms with Crippen LogP contribution in [0.2, 0.25) is 0 Å². The van der Waals surface area contributed by atoms with Crippen LogP contribution in [0.25, 0.3) is 0 Å². The summed E-state index contributed by atoms with van der Waals surface area (Å²) in [5.74, 6) is 0.102. The summed E-state index contributed by atoms with van der Waals surface area (Å²) in [5.41, 5.74) is 5.50. The van der Waals surface area contributed by atoms with Gasteiger partial charge in [0.2, 0.25) is 5.88 Å². The zero-order valence-corrected chi connectivity index (χ0v) is 9.74. The fourth-order valence-corrected chi connectivity index (χ4v) is 1.18. The Kier molecular flexibility index (Phi) is 4.60. The third-order valence-electron chi connectivity index (χ3n) is 2.07. The van der Waals surface area contributed by atoms with Crippen molar-refractivity contribution in [1.29, 1.82) is 0 Å². The van der Waals surface area contributed by atoms with Crippen LogP contribution in [0.4, 0.5) is 24.7 Å². The number of nitrogens with zero attached hydrogens (tertiary/aromatic N) is 2. The van der Waals surface area contributed by atoms with Crippen LogP contribution in [0.15, 0.2) is 12.1 Å². The molecule has 1 aromatic rings. The Labute approximate surface area is 102 Å². The molecule has 0 fully saturated rings. The highest BCUT2D eigenvalue weighted by atomic mass is 19.4. The van der Waals surface area contributed by atoms with Crippen molar-refractivity contribution in [3.63, 3.8) is 0 Å². The fourth-order valence-electron chi connectivity index (χ4n) is 1.18. The topological polar surface area (TPSA) is 71.6 Å². The van der Waals surface area contributed by atoms with Gasteiger partial charge in [0.15, 0.2) is 6.61 Å². The molecule has 0 saturated heterocycles. The van der Waals surface area contributed by atoms with Gasteiger partial charge in [-0.2, -0.15) is 18.2 Å². The first kappa shape index (κ1) is 14.4. The number of aliphatic hydroxyl groups is 1. The monoisotopic (exact) mass is 265 g/mol. The first-order valence-corrected chi connectivity index (χ1v) is 5.11. The third-order valence-corrected chi connectivity index (χ3v) is 2.07. The van der Waals surface area contributed by atoms with E-state index in [-0.39, 0.29) is 18.2 Å². The molecule has 0 aliphatic carbocycles. The summed E-state index contributed by atoms with van der Waals surface area (Å²) < 4.78 is 40.6. The molecule has 0 spiro atoms. The zero-order valence-electron chi connectivity index (χ0n) is 9.74. The largest absolute Gasteiger partial charge is 0.466 e. The van der Waals surface area contributed by atoms with Crippen LogP contribution in [-0.4, -0.2) is 43.1 Å². The molecule has 0 unspecified atom stereocenters. The number of ether oxygens (including phenoxy) is 1. The summed E-state index contributed by atoms with van der Waals surface area (Å²) in [6.07, 6.45) is -4.44. The van der Waals surface area contributed by atoms with E-state index in [1.807, 2.05) is 0 Å². The van der Waals surface area contributed by atoms with Crippen molar-refractivity contribution in [2.75, 3.05) is 37.4 Å². The molecule has 5 nitrogen and oxygen atoms in total. The highest BCUT2D eigenvalue weighted by molar-refractivity contribution is 5.54. The molecule has 0 saturated carbocycles. The van der Waals surface area contributed by atoms with E-state index in [9.17, 15) is 13.2 Å². The second kappa shape index (κ2) is 5.76. The number of nitrogens with two attached hydrogens (primary N) is 1. The number of halogens is 3. The highest BCUT2D eigenvalue weighted by Gasteiger charge is 2.29. The molecule has 8 heteroatoms. The SMILES string of the molecule is CN(CCO)c1ccc(N)c(OCC(F)(F)F)n1. The summed E-state index contributed by atoms with van der Waals surface area (Å²) in [6, 6.07) is 2.94. The van der Waals surface area contributed by atoms with Crippen molar-refractivity contribution >= 4 is 11.5 Å². The molecule has 0 radical (unpaired) electrons. The molecular weight excluding hydrogens is 251 g/mol. The van der Waals surface area contributed by atoms with Gasteiger partial charge in [-0.15, -0.1) is 0 Å². The van der Waals surface area contributed by atoms with Crippen molar-refractivity contribution in [3.05, 3.63) is 12.1 Å². The van der Waals surface area contributed by atoms with Gasteiger partial charge in [0.1, 0.15) is 5.82 Å². The van der Waals surface area contributed by atoms with E-state index in [0.717, 1.165) is 0 Å². The van der Waals surface area contributed by atoms with Crippen LogP contribution in [-0.2, 0) is 0 Å². The van der Waals surface area contributed by atoms with Gasteiger partial charge in [-0.05, 0) is 12.1 Å². The number of pyridine rings is 1. The van der Waals surface area contributed by atoms with Crippen LogP contribution in [0.1, 0.15) is 0 Å². The van der Waals surface area contributed by atoms with E-state index in [1.54, 1.807) is 11.9 Å². The minimum atomic E-state index is -4.44. The Morgan fingerprint density at radius 3 is 2.67 bits per heavy atom. The van der Waals surface area contributed by atoms with Gasteiger partial charge in [0.25, 0.3) is 0 Å². The molecule has 0 atom stereocenters. The molecule has 18 heavy (non-hydrogen) atoms. The van der Waals surface area contributed by atoms with Gasteiger partial charge < -0.3 is 20.5 Å². The number of aliphatic hydroxyl groups excluding tert-OH is 1. The number of hydrogen-bond donors (Lipinski definition) is 2. The molecule has 1 aromatic heterocycles. The highest BCUT2D eigenvalue weighted by Crippen LogP contribution is 2.24. The predicted molar refractivity (Wildman–Crippen MR) is 60.6 cm³/mol. The number of nitrogen functional groups attached to an aromatic ring is 1. The standard InChI is InChI=1S/C10H14F3N3O2/c1-16(4-5-17)8-3-2-7(14)9(15-8)18-6-10(11,12)13/h2-3,17H,4-6,14H2,1H3. The molecule has 0 aromatic carbocycles. The molecule has 3 N–H and O–H groups in total. The second-order valence-electron chi connectivity index (χ2n) is 3.61. The van der Waals surface area contributed by atoms with E-state index in [0.29, 0.717) is 12.4 Å². The molecule has 1 heterocycles. The lowest BCUT2D eigenvalue weighted by Crippen LogP contribution is -2.23. The maximum absolute atomic E-state index is 12.0. The van der Waals surface area contributed by atoms with Crippen LogP contribution in [0.3, 0.4) is 0 Å². The minimum Gasteiger partial charge on any atom is -0.466 e. The van der Waals surface area contributed by atoms with E-state index in [1.165, 1.54) is 12.1 Å². The quantitative estimate of drug-likeness (QED) is 0.832. The molecule has 0 aliphatic heterocycles. The summed E-state index contributed by atoms with van der Waals surface area (Å²) in [6.45, 7) is -1.24. The minimum absolute atomic E-state index is 0.0281. The lowest BCUT2D eigenvalue weighted by molar-refractivity contribution is -0.153. The summed E-state index contributed by atoms with van der Waals surface area (Å²) in [4.78, 5) is 5.43. The predicted octanol–water partition coefficient (Wildman–Crippen LogP) is 1.03. The van der Waals surface area contributed by atoms with Gasteiger partial charge in [-0.25, -0.2) is 0 Å². The number of hydrogen-bond acceptors (Lipinski definition) is 5. The summed E-state index contributed by atoms with van der Waals surface area (Å²) >= 11 is 0. The maximum atomic E-state index is 12.0. The molecular formula is C10H14F3N3O2. The smallest absolute Gasteiger partial charge is 0.422 e. The van der Waals surface area contributed by atoms with Crippen molar-refractivity contribution in [3.8, 4) is 5.88 Å². The number of aromatic nitrogens is 1. The molecule has 0 amide bonds. The number of alkyl halides is 3. The third kappa shape index (κ3) is 4.28. The van der Waals surface area contributed by atoms with Gasteiger partial charge >= 0.3 is 6.18 Å². The van der Waals surface area contributed by atoms with Gasteiger partial charge in [-0.1, -0.05) is 0 Å². The summed E-state index contributed by atoms with van der Waals surface area (Å²) in [7, 11) is 1.64. The van der Waals surface area contributed by atoms with Crippen molar-refractivity contribution in [2.45, 2.75) is 6.18 Å². The Balaban J connectivity index is 2.81. The zero-order chi connectivity index (χ0) is 13.8. The van der Waals surface area contributed by atoms with Crippen LogP contribution in [0, 0.1) is 0 Å². The number of likely N-dealkylation sites (N-methyl/N-ethyl adjacent to an activating group) is 1. The maximum Gasteiger partial charge on any atom is 0.422 e. The van der Waals surface area contributed by atoms with E-state index < -0.39 is 12.8 Å². The fraction of sp³-hybridized carbons (Fsp3) is 0.500. The first-order valence-electron chi connectivity index (χ1n) is 5.11. The first-order chi connectivity index (χ1) is 8.33. The Morgan fingerprint density at radius 2 is 2.11 bits per heavy atom. The molecule has 0 aliphatic rings. The normalized spacial score (nSPS) is 11.4. The van der Waals surface area contributed by atoms with E-state index in [2.05, 4.69) is 9.72 Å². The number of rotatable bonds is 5. The molecule has 0 bridgehead atoms. The van der Waals surface area contributed by atoms with Crippen molar-refractivity contribution in [1.82, 2.24) is 4.98 Å². The van der Waals surface area contributed by atoms with Gasteiger partial charge in [0.05, 0.1) is 12.3 Å². The summed E-state index contributed by atoms with van der Waals surface area (Å²) in [5, 5.41) is 8.76. The average molecular weight is 265 g/mol. The van der Waals surface area contributed by atoms with Crippen molar-refractivity contribution in [2.24, 2.45) is 0 Å². The van der Waals surface area contributed by atoms with E-state index in [4.69, 9.17) is 10.8 Å². The number of anilines is 2.